The minimum absolute atomic E-state index is 0.0313. The van der Waals surface area contributed by atoms with Crippen LogP contribution in [0.4, 0.5) is 5.69 Å². The van der Waals surface area contributed by atoms with E-state index in [0.29, 0.717) is 13.0 Å². The van der Waals surface area contributed by atoms with Gasteiger partial charge in [-0.15, -0.1) is 0 Å². The smallest absolute Gasteiger partial charge is 0.229 e. The Morgan fingerprint density at radius 3 is 2.34 bits per heavy atom. The molecule has 1 heterocycles. The molecule has 1 aromatic carbocycles. The normalized spacial score (nSPS) is 19.1. The third-order valence-electron chi connectivity index (χ3n) is 6.56. The molecule has 0 aromatic heterocycles. The van der Waals surface area contributed by atoms with E-state index in [-0.39, 0.29) is 17.7 Å². The molecule has 1 saturated carbocycles. The minimum atomic E-state index is -0.0313. The maximum atomic E-state index is 13.0. The van der Waals surface area contributed by atoms with Crippen LogP contribution in [0.1, 0.15) is 83.6 Å². The van der Waals surface area contributed by atoms with Gasteiger partial charge in [-0.2, -0.15) is 0 Å². The van der Waals surface area contributed by atoms with Crippen molar-refractivity contribution in [2.24, 2.45) is 11.8 Å². The van der Waals surface area contributed by atoms with Crippen molar-refractivity contribution >= 4 is 17.5 Å². The molecule has 0 bridgehead atoms. The van der Waals surface area contributed by atoms with E-state index in [1.54, 1.807) is 0 Å². The molecule has 0 radical (unpaired) electrons. The first kappa shape index (κ1) is 21.9. The lowest BCUT2D eigenvalue weighted by Crippen LogP contribution is -2.37. The number of carbonyl (C=O) groups excluding carboxylic acids is 2. The highest BCUT2D eigenvalue weighted by atomic mass is 16.2. The fraction of sp³-hybridized carbons (Fsp3) is 0.680. The van der Waals surface area contributed by atoms with Gasteiger partial charge in [0, 0.05) is 37.7 Å². The second-order valence-corrected chi connectivity index (χ2v) is 9.19. The summed E-state index contributed by atoms with van der Waals surface area (Å²) in [6, 6.07) is 8.18. The lowest BCUT2D eigenvalue weighted by molar-refractivity contribution is -0.132. The van der Waals surface area contributed by atoms with E-state index in [0.717, 1.165) is 62.4 Å². The van der Waals surface area contributed by atoms with Crippen LogP contribution in [0.3, 0.4) is 0 Å². The molecule has 2 amide bonds. The maximum Gasteiger partial charge on any atom is 0.229 e. The molecule has 1 aliphatic heterocycles. The van der Waals surface area contributed by atoms with Gasteiger partial charge in [0.2, 0.25) is 11.8 Å². The van der Waals surface area contributed by atoms with E-state index >= 15 is 0 Å². The van der Waals surface area contributed by atoms with Gasteiger partial charge < -0.3 is 9.80 Å². The van der Waals surface area contributed by atoms with Crippen molar-refractivity contribution in [1.29, 1.82) is 0 Å². The Hall–Kier alpha value is -1.84. The van der Waals surface area contributed by atoms with Crippen molar-refractivity contribution in [2.75, 3.05) is 18.0 Å². The molecule has 3 rings (SSSR count). The van der Waals surface area contributed by atoms with Gasteiger partial charge in [-0.25, -0.2) is 0 Å². The van der Waals surface area contributed by atoms with E-state index in [9.17, 15) is 9.59 Å². The molecule has 0 atom stereocenters. The molecular formula is C25H38N2O2. The highest BCUT2D eigenvalue weighted by Crippen LogP contribution is 2.31. The van der Waals surface area contributed by atoms with Gasteiger partial charge in [0.15, 0.2) is 0 Å². The Bertz CT molecular complexity index is 681. The first-order valence-corrected chi connectivity index (χ1v) is 11.7. The predicted molar refractivity (Wildman–Crippen MR) is 119 cm³/mol. The molecule has 1 aliphatic carbocycles. The van der Waals surface area contributed by atoms with Crippen LogP contribution in [0.5, 0.6) is 0 Å². The molecule has 0 N–H and O–H groups in total. The van der Waals surface area contributed by atoms with Crippen molar-refractivity contribution in [3.8, 4) is 0 Å². The molecule has 4 heteroatoms. The van der Waals surface area contributed by atoms with Crippen molar-refractivity contribution in [1.82, 2.24) is 4.90 Å². The molecule has 0 saturated heterocycles. The minimum Gasteiger partial charge on any atom is -0.338 e. The zero-order valence-corrected chi connectivity index (χ0v) is 18.4. The Balaban J connectivity index is 1.80. The number of hydrogen-bond acceptors (Lipinski definition) is 2. The fourth-order valence-corrected chi connectivity index (χ4v) is 4.44. The number of amides is 2. The second kappa shape index (κ2) is 10.8. The van der Waals surface area contributed by atoms with Gasteiger partial charge in [0.05, 0.1) is 0 Å². The Morgan fingerprint density at radius 1 is 0.966 bits per heavy atom. The van der Waals surface area contributed by atoms with Gasteiger partial charge in [-0.1, -0.05) is 70.6 Å². The van der Waals surface area contributed by atoms with Gasteiger partial charge in [0.25, 0.3) is 0 Å². The van der Waals surface area contributed by atoms with Gasteiger partial charge in [-0.05, 0) is 36.8 Å². The van der Waals surface area contributed by atoms with E-state index in [1.165, 1.54) is 25.7 Å². The number of para-hydroxylation sites is 1. The standard InChI is InChI=1S/C25H38N2O2/c1-20(2)25(29)27-18-9-5-3-4-8-17-26(19-22-13-6-7-14-23(22)27)24(28)16-15-21-11-10-12-21/h6-7,13-14,20-21H,3-5,8-12,15-19H2,1-2H3. The summed E-state index contributed by atoms with van der Waals surface area (Å²) in [5, 5.41) is 0. The van der Waals surface area contributed by atoms with Crippen LogP contribution in [0.2, 0.25) is 0 Å². The van der Waals surface area contributed by atoms with Gasteiger partial charge in [-0.3, -0.25) is 9.59 Å². The van der Waals surface area contributed by atoms with E-state index in [4.69, 9.17) is 0 Å². The number of benzene rings is 1. The summed E-state index contributed by atoms with van der Waals surface area (Å²) >= 11 is 0. The summed E-state index contributed by atoms with van der Waals surface area (Å²) in [6.07, 6.45) is 11.2. The van der Waals surface area contributed by atoms with Crippen LogP contribution in [-0.4, -0.2) is 29.8 Å². The summed E-state index contributed by atoms with van der Waals surface area (Å²) in [5.41, 5.74) is 2.09. The number of fused-ring (bicyclic) bond motifs is 1. The third-order valence-corrected chi connectivity index (χ3v) is 6.56. The topological polar surface area (TPSA) is 40.6 Å². The highest BCUT2D eigenvalue weighted by Gasteiger charge is 2.24. The van der Waals surface area contributed by atoms with E-state index in [1.807, 2.05) is 30.9 Å². The molecule has 2 aliphatic rings. The van der Waals surface area contributed by atoms with Crippen molar-refractivity contribution in [2.45, 2.75) is 84.6 Å². The van der Waals surface area contributed by atoms with Crippen molar-refractivity contribution < 1.29 is 9.59 Å². The SMILES string of the molecule is CC(C)C(=O)N1CCCCCCCN(C(=O)CCC2CCC2)Cc2ccccc21. The van der Waals surface area contributed by atoms with Crippen LogP contribution in [0.15, 0.2) is 24.3 Å². The third kappa shape index (κ3) is 6.07. The Kier molecular flexibility index (Phi) is 8.14. The van der Waals surface area contributed by atoms with E-state index in [2.05, 4.69) is 17.0 Å². The van der Waals surface area contributed by atoms with Crippen LogP contribution in [0, 0.1) is 11.8 Å². The highest BCUT2D eigenvalue weighted by molar-refractivity contribution is 5.95. The van der Waals surface area contributed by atoms with E-state index < -0.39 is 0 Å². The summed E-state index contributed by atoms with van der Waals surface area (Å²) < 4.78 is 0. The van der Waals surface area contributed by atoms with Crippen LogP contribution in [0.25, 0.3) is 0 Å². The predicted octanol–water partition coefficient (Wildman–Crippen LogP) is 5.55. The van der Waals surface area contributed by atoms with Crippen LogP contribution < -0.4 is 4.90 Å². The summed E-state index contributed by atoms with van der Waals surface area (Å²) in [7, 11) is 0. The number of anilines is 1. The zero-order chi connectivity index (χ0) is 20.6. The average Bonchev–Trinajstić information content (AvgIpc) is 2.66. The van der Waals surface area contributed by atoms with Gasteiger partial charge >= 0.3 is 0 Å². The molecular weight excluding hydrogens is 360 g/mol. The lowest BCUT2D eigenvalue weighted by atomic mass is 9.82. The van der Waals surface area contributed by atoms with Crippen LogP contribution >= 0.6 is 0 Å². The van der Waals surface area contributed by atoms with Crippen LogP contribution in [-0.2, 0) is 16.1 Å². The maximum absolute atomic E-state index is 13.0. The Morgan fingerprint density at radius 2 is 1.66 bits per heavy atom. The number of nitrogens with zero attached hydrogens (tertiary/aromatic N) is 2. The second-order valence-electron chi connectivity index (χ2n) is 9.19. The molecule has 29 heavy (non-hydrogen) atoms. The molecule has 4 nitrogen and oxygen atoms in total. The van der Waals surface area contributed by atoms with Gasteiger partial charge in [0.1, 0.15) is 0 Å². The van der Waals surface area contributed by atoms with Crippen molar-refractivity contribution in [3.05, 3.63) is 29.8 Å². The number of carbonyl (C=O) groups is 2. The largest absolute Gasteiger partial charge is 0.338 e. The summed E-state index contributed by atoms with van der Waals surface area (Å²) in [6.45, 7) is 6.15. The number of hydrogen-bond donors (Lipinski definition) is 0. The molecule has 0 spiro atoms. The zero-order valence-electron chi connectivity index (χ0n) is 18.4. The molecule has 160 valence electrons. The fourth-order valence-electron chi connectivity index (χ4n) is 4.44. The quantitative estimate of drug-likeness (QED) is 0.667. The first-order valence-electron chi connectivity index (χ1n) is 11.7. The average molecular weight is 399 g/mol. The Labute approximate surface area is 176 Å². The lowest BCUT2D eigenvalue weighted by Gasteiger charge is -2.31. The molecule has 1 fully saturated rings. The van der Waals surface area contributed by atoms with Crippen molar-refractivity contribution in [3.63, 3.8) is 0 Å². The number of rotatable bonds is 4. The molecule has 1 aromatic rings. The molecule has 0 unspecified atom stereocenters. The monoisotopic (exact) mass is 398 g/mol. The summed E-state index contributed by atoms with van der Waals surface area (Å²) in [5.74, 6) is 1.19. The first-order chi connectivity index (χ1) is 14.1. The summed E-state index contributed by atoms with van der Waals surface area (Å²) in [4.78, 5) is 30.0.